The van der Waals surface area contributed by atoms with Crippen LogP contribution in [0.2, 0.25) is 0 Å². The molecular formula is C8H13NO2. The summed E-state index contributed by atoms with van der Waals surface area (Å²) < 4.78 is 4.95. The van der Waals surface area contributed by atoms with E-state index in [-0.39, 0.29) is 5.91 Å². The van der Waals surface area contributed by atoms with Gasteiger partial charge in [0.05, 0.1) is 12.8 Å². The normalized spacial score (nSPS) is 9.55. The Morgan fingerprint density at radius 3 is 3.00 bits per heavy atom. The molecule has 0 radical (unpaired) electrons. The van der Waals surface area contributed by atoms with Gasteiger partial charge in [-0.2, -0.15) is 0 Å². The average Bonchev–Trinajstić information content (AvgIpc) is 2.04. The second-order valence-corrected chi connectivity index (χ2v) is 1.84. The van der Waals surface area contributed by atoms with E-state index in [2.05, 4.69) is 11.9 Å². The van der Waals surface area contributed by atoms with Gasteiger partial charge in [0.15, 0.2) is 0 Å². The maximum atomic E-state index is 10.5. The summed E-state index contributed by atoms with van der Waals surface area (Å²) in [6.45, 7) is 6.17. The minimum absolute atomic E-state index is 0.172. The van der Waals surface area contributed by atoms with Gasteiger partial charge < -0.3 is 10.1 Å². The first-order chi connectivity index (χ1) is 5.31. The predicted molar refractivity (Wildman–Crippen MR) is 44.0 cm³/mol. The van der Waals surface area contributed by atoms with Crippen LogP contribution in [-0.4, -0.2) is 19.1 Å². The highest BCUT2D eigenvalue weighted by atomic mass is 16.5. The third-order valence-electron chi connectivity index (χ3n) is 0.937. The van der Waals surface area contributed by atoms with Gasteiger partial charge in [0.1, 0.15) is 6.61 Å². The highest BCUT2D eigenvalue weighted by Crippen LogP contribution is 1.75. The van der Waals surface area contributed by atoms with Crippen molar-refractivity contribution in [1.82, 2.24) is 5.32 Å². The van der Waals surface area contributed by atoms with Crippen LogP contribution in [0.25, 0.3) is 0 Å². The summed E-state index contributed by atoms with van der Waals surface area (Å²) in [7, 11) is 0. The minimum atomic E-state index is -0.172. The Morgan fingerprint density at radius 2 is 2.45 bits per heavy atom. The molecule has 0 aromatic rings. The molecule has 0 atom stereocenters. The lowest BCUT2D eigenvalue weighted by Crippen LogP contribution is -2.24. The summed E-state index contributed by atoms with van der Waals surface area (Å²) >= 11 is 0. The monoisotopic (exact) mass is 155 g/mol. The lowest BCUT2D eigenvalue weighted by atomic mass is 10.5. The molecule has 0 heterocycles. The van der Waals surface area contributed by atoms with Crippen molar-refractivity contribution >= 4 is 5.91 Å². The molecule has 0 bridgehead atoms. The number of nitrogens with one attached hydrogen (secondary N) is 1. The summed E-state index contributed by atoms with van der Waals surface area (Å²) in [5.74, 6) is -0.172. The number of rotatable bonds is 5. The fourth-order valence-electron chi connectivity index (χ4n) is 0.470. The third kappa shape index (κ3) is 6.64. The fraction of sp³-hybridized carbons (Fsp3) is 0.375. The Morgan fingerprint density at radius 1 is 1.73 bits per heavy atom. The molecule has 0 aliphatic carbocycles. The van der Waals surface area contributed by atoms with Gasteiger partial charge in [-0.3, -0.25) is 4.79 Å². The van der Waals surface area contributed by atoms with Crippen LogP contribution in [0.1, 0.15) is 6.92 Å². The maximum absolute atomic E-state index is 10.5. The van der Waals surface area contributed by atoms with Gasteiger partial charge in [-0.25, -0.2) is 0 Å². The molecule has 0 aromatic carbocycles. The van der Waals surface area contributed by atoms with Crippen LogP contribution in [0.3, 0.4) is 0 Å². The van der Waals surface area contributed by atoms with Gasteiger partial charge in [-0.15, -0.1) is 0 Å². The Balaban J connectivity index is 3.14. The molecular weight excluding hydrogens is 142 g/mol. The molecule has 62 valence electrons. The lowest BCUT2D eigenvalue weighted by Gasteiger charge is -2.00. The number of carbonyl (C=O) groups excluding carboxylic acids is 1. The van der Waals surface area contributed by atoms with Crippen LogP contribution in [0, 0.1) is 0 Å². The number of allylic oxidation sites excluding steroid dienone is 1. The molecule has 3 nitrogen and oxygen atoms in total. The topological polar surface area (TPSA) is 38.3 Å². The standard InChI is InChI=1S/C8H13NO2/c1-3-6-11-7-5-9-8(10)4-2/h3-4,6H,2,5,7H2,1H3,(H,9,10). The first-order valence-electron chi connectivity index (χ1n) is 3.44. The van der Waals surface area contributed by atoms with E-state index in [9.17, 15) is 4.79 Å². The van der Waals surface area contributed by atoms with E-state index >= 15 is 0 Å². The second-order valence-electron chi connectivity index (χ2n) is 1.84. The van der Waals surface area contributed by atoms with Crippen molar-refractivity contribution in [2.24, 2.45) is 0 Å². The number of ether oxygens (including phenoxy) is 1. The molecule has 0 aliphatic rings. The molecule has 0 saturated carbocycles. The molecule has 0 rings (SSSR count). The molecule has 0 saturated heterocycles. The molecule has 0 aliphatic heterocycles. The van der Waals surface area contributed by atoms with Crippen LogP contribution < -0.4 is 5.32 Å². The Hall–Kier alpha value is -1.25. The molecule has 1 N–H and O–H groups in total. The number of carbonyl (C=O) groups is 1. The second kappa shape index (κ2) is 6.86. The van der Waals surface area contributed by atoms with Crippen LogP contribution in [0.15, 0.2) is 25.0 Å². The van der Waals surface area contributed by atoms with Gasteiger partial charge >= 0.3 is 0 Å². The predicted octanol–water partition coefficient (Wildman–Crippen LogP) is 0.839. The summed E-state index contributed by atoms with van der Waals surface area (Å²) in [6.07, 6.45) is 4.60. The molecule has 11 heavy (non-hydrogen) atoms. The van der Waals surface area contributed by atoms with Crippen molar-refractivity contribution in [3.8, 4) is 0 Å². The first-order valence-corrected chi connectivity index (χ1v) is 3.44. The van der Waals surface area contributed by atoms with E-state index in [1.165, 1.54) is 6.08 Å². The molecule has 3 heteroatoms. The SMILES string of the molecule is C=CC(=O)NCCOC=CC. The third-order valence-corrected chi connectivity index (χ3v) is 0.937. The van der Waals surface area contributed by atoms with Crippen LogP contribution in [0.4, 0.5) is 0 Å². The van der Waals surface area contributed by atoms with Crippen LogP contribution >= 0.6 is 0 Å². The summed E-state index contributed by atoms with van der Waals surface area (Å²) in [5.41, 5.74) is 0. The van der Waals surface area contributed by atoms with Gasteiger partial charge in [0, 0.05) is 0 Å². The van der Waals surface area contributed by atoms with Crippen molar-refractivity contribution in [2.75, 3.05) is 13.2 Å². The number of hydrogen-bond donors (Lipinski definition) is 1. The average molecular weight is 155 g/mol. The Labute approximate surface area is 66.7 Å². The van der Waals surface area contributed by atoms with E-state index in [1.54, 1.807) is 12.3 Å². The highest BCUT2D eigenvalue weighted by molar-refractivity contribution is 5.86. The lowest BCUT2D eigenvalue weighted by molar-refractivity contribution is -0.116. The van der Waals surface area contributed by atoms with Crippen LogP contribution in [-0.2, 0) is 9.53 Å². The molecule has 0 aromatic heterocycles. The van der Waals surface area contributed by atoms with Gasteiger partial charge in [-0.05, 0) is 13.0 Å². The Bertz CT molecular complexity index is 152. The van der Waals surface area contributed by atoms with E-state index in [4.69, 9.17) is 4.74 Å². The zero-order valence-corrected chi connectivity index (χ0v) is 6.67. The molecule has 1 amide bonds. The van der Waals surface area contributed by atoms with E-state index in [1.807, 2.05) is 6.92 Å². The smallest absolute Gasteiger partial charge is 0.243 e. The zero-order valence-electron chi connectivity index (χ0n) is 6.67. The van der Waals surface area contributed by atoms with E-state index < -0.39 is 0 Å². The first kappa shape index (κ1) is 9.75. The van der Waals surface area contributed by atoms with Crippen LogP contribution in [0.5, 0.6) is 0 Å². The van der Waals surface area contributed by atoms with E-state index in [0.717, 1.165) is 0 Å². The maximum Gasteiger partial charge on any atom is 0.243 e. The summed E-state index contributed by atoms with van der Waals surface area (Å²) in [4.78, 5) is 10.5. The molecule has 0 fully saturated rings. The van der Waals surface area contributed by atoms with Crippen molar-refractivity contribution in [3.05, 3.63) is 25.0 Å². The quantitative estimate of drug-likeness (QED) is 0.363. The summed E-state index contributed by atoms with van der Waals surface area (Å²) in [6, 6.07) is 0. The van der Waals surface area contributed by atoms with E-state index in [0.29, 0.717) is 13.2 Å². The fourth-order valence-corrected chi connectivity index (χ4v) is 0.470. The van der Waals surface area contributed by atoms with Crippen molar-refractivity contribution in [3.63, 3.8) is 0 Å². The van der Waals surface area contributed by atoms with Gasteiger partial charge in [0.2, 0.25) is 5.91 Å². The summed E-state index contributed by atoms with van der Waals surface area (Å²) in [5, 5.41) is 2.58. The largest absolute Gasteiger partial charge is 0.500 e. The molecule has 0 unspecified atom stereocenters. The van der Waals surface area contributed by atoms with Crippen molar-refractivity contribution in [1.29, 1.82) is 0 Å². The van der Waals surface area contributed by atoms with Crippen molar-refractivity contribution < 1.29 is 9.53 Å². The van der Waals surface area contributed by atoms with Gasteiger partial charge in [-0.1, -0.05) is 12.7 Å². The zero-order chi connectivity index (χ0) is 8.53. The number of amides is 1. The molecule has 0 spiro atoms. The minimum Gasteiger partial charge on any atom is -0.500 e. The van der Waals surface area contributed by atoms with Crippen molar-refractivity contribution in [2.45, 2.75) is 6.92 Å². The number of hydrogen-bond acceptors (Lipinski definition) is 2. The Kier molecular flexibility index (Phi) is 6.08. The van der Waals surface area contributed by atoms with Gasteiger partial charge in [0.25, 0.3) is 0 Å². The highest BCUT2D eigenvalue weighted by Gasteiger charge is 1.89.